The topological polar surface area (TPSA) is 44.8 Å². The average molecular weight is 451 g/mol. The van der Waals surface area contributed by atoms with Crippen LogP contribution < -0.4 is 14.2 Å². The van der Waals surface area contributed by atoms with Crippen molar-refractivity contribution in [2.75, 3.05) is 7.11 Å². The maximum absolute atomic E-state index is 10.6. The lowest BCUT2D eigenvalue weighted by Crippen LogP contribution is -1.91. The van der Waals surface area contributed by atoms with E-state index in [9.17, 15) is 4.79 Å². The molecule has 4 rings (SSSR count). The van der Waals surface area contributed by atoms with Crippen molar-refractivity contribution in [3.63, 3.8) is 0 Å². The molecule has 0 aromatic heterocycles. The van der Waals surface area contributed by atoms with E-state index < -0.39 is 0 Å². The summed E-state index contributed by atoms with van der Waals surface area (Å²) in [7, 11) is 1.67. The number of ether oxygens (including phenoxy) is 3. The molecule has 0 unspecified atom stereocenters. The van der Waals surface area contributed by atoms with Crippen molar-refractivity contribution in [3.8, 4) is 50.6 Å². The van der Waals surface area contributed by atoms with E-state index >= 15 is 0 Å². The lowest BCUT2D eigenvalue weighted by molar-refractivity contribution is -0.120. The summed E-state index contributed by atoms with van der Waals surface area (Å²) in [5.74, 6) is 2.12. The van der Waals surface area contributed by atoms with Crippen LogP contribution in [0.25, 0.3) is 33.4 Å². The van der Waals surface area contributed by atoms with Crippen LogP contribution in [0.4, 0.5) is 0 Å². The fraction of sp³-hybridized carbons (Fsp3) is 0.100. The summed E-state index contributed by atoms with van der Waals surface area (Å²) in [6, 6.07) is 30.0. The number of hydrogen-bond acceptors (Lipinski definition) is 4. The van der Waals surface area contributed by atoms with Gasteiger partial charge >= 0.3 is 0 Å². The SMILES string of the molecule is COc1ccc(-c2ccc(-c3ccc(-c4ccc(OC=O)cc4)cc3OC=C(C)C)cc2)cc1. The summed E-state index contributed by atoms with van der Waals surface area (Å²) in [6.45, 7) is 4.42. The van der Waals surface area contributed by atoms with Gasteiger partial charge < -0.3 is 14.2 Å². The first-order valence-electron chi connectivity index (χ1n) is 11.0. The number of methoxy groups -OCH3 is 1. The zero-order valence-corrected chi connectivity index (χ0v) is 19.4. The summed E-state index contributed by atoms with van der Waals surface area (Å²) in [5.41, 5.74) is 7.41. The van der Waals surface area contributed by atoms with Crippen LogP contribution in [0.5, 0.6) is 17.2 Å². The second kappa shape index (κ2) is 10.5. The molecule has 170 valence electrons. The number of carbonyl (C=O) groups is 1. The van der Waals surface area contributed by atoms with Crippen molar-refractivity contribution in [2.24, 2.45) is 0 Å². The average Bonchev–Trinajstić information content (AvgIpc) is 2.88. The molecular formula is C30H26O4. The molecule has 34 heavy (non-hydrogen) atoms. The summed E-state index contributed by atoms with van der Waals surface area (Å²) in [5, 5.41) is 0. The van der Waals surface area contributed by atoms with Crippen molar-refractivity contribution >= 4 is 6.47 Å². The molecule has 0 saturated heterocycles. The first-order chi connectivity index (χ1) is 16.6. The lowest BCUT2D eigenvalue weighted by atomic mass is 9.97. The predicted octanol–water partition coefficient (Wildman–Crippen LogP) is 7.53. The highest BCUT2D eigenvalue weighted by Crippen LogP contribution is 2.36. The van der Waals surface area contributed by atoms with Crippen LogP contribution in [0, 0.1) is 0 Å². The predicted molar refractivity (Wildman–Crippen MR) is 136 cm³/mol. The summed E-state index contributed by atoms with van der Waals surface area (Å²) in [6.07, 6.45) is 1.76. The summed E-state index contributed by atoms with van der Waals surface area (Å²) >= 11 is 0. The maximum Gasteiger partial charge on any atom is 0.298 e. The lowest BCUT2D eigenvalue weighted by Gasteiger charge is -2.13. The van der Waals surface area contributed by atoms with E-state index in [4.69, 9.17) is 14.2 Å². The molecule has 0 aliphatic carbocycles. The van der Waals surface area contributed by atoms with Crippen molar-refractivity contribution in [2.45, 2.75) is 13.8 Å². The first kappa shape index (κ1) is 22.9. The highest BCUT2D eigenvalue weighted by Gasteiger charge is 2.10. The Morgan fingerprint density at radius 3 is 1.68 bits per heavy atom. The standard InChI is InChI=1S/C30H26O4/c1-21(2)19-33-30-18-26(24-10-15-28(16-11-24)34-20-31)12-17-29(30)25-6-4-22(5-7-25)23-8-13-27(32-3)14-9-23/h4-20H,1-3H3. The largest absolute Gasteiger partial charge is 0.497 e. The van der Waals surface area contributed by atoms with Crippen LogP contribution in [0.1, 0.15) is 13.8 Å². The van der Waals surface area contributed by atoms with E-state index in [2.05, 4.69) is 48.5 Å². The molecule has 4 aromatic carbocycles. The Bertz CT molecular complexity index is 1280. The third-order valence-corrected chi connectivity index (χ3v) is 5.39. The molecule has 0 heterocycles. The van der Waals surface area contributed by atoms with Gasteiger partial charge in [-0.2, -0.15) is 0 Å². The molecule has 0 saturated carbocycles. The molecule has 0 fully saturated rings. The van der Waals surface area contributed by atoms with Crippen LogP contribution in [0.2, 0.25) is 0 Å². The van der Waals surface area contributed by atoms with Crippen molar-refractivity contribution in [1.29, 1.82) is 0 Å². The molecule has 4 nitrogen and oxygen atoms in total. The van der Waals surface area contributed by atoms with E-state index in [0.29, 0.717) is 12.2 Å². The minimum absolute atomic E-state index is 0.426. The molecule has 0 amide bonds. The number of allylic oxidation sites excluding steroid dienone is 1. The summed E-state index contributed by atoms with van der Waals surface area (Å²) in [4.78, 5) is 10.6. The molecule has 0 atom stereocenters. The number of carbonyl (C=O) groups excluding carboxylic acids is 1. The van der Waals surface area contributed by atoms with E-state index in [1.165, 1.54) is 0 Å². The molecular weight excluding hydrogens is 424 g/mol. The highest BCUT2D eigenvalue weighted by atomic mass is 16.5. The zero-order valence-electron chi connectivity index (χ0n) is 19.4. The van der Waals surface area contributed by atoms with Gasteiger partial charge in [0.2, 0.25) is 0 Å². The van der Waals surface area contributed by atoms with Crippen molar-refractivity contribution < 1.29 is 19.0 Å². The van der Waals surface area contributed by atoms with Crippen LogP contribution in [-0.4, -0.2) is 13.6 Å². The van der Waals surface area contributed by atoms with Gasteiger partial charge in [0.25, 0.3) is 6.47 Å². The van der Waals surface area contributed by atoms with Gasteiger partial charge in [0.05, 0.1) is 13.4 Å². The highest BCUT2D eigenvalue weighted by molar-refractivity contribution is 5.78. The molecule has 0 radical (unpaired) electrons. The van der Waals surface area contributed by atoms with E-state index in [1.54, 1.807) is 25.5 Å². The third kappa shape index (κ3) is 5.36. The fourth-order valence-corrected chi connectivity index (χ4v) is 3.63. The van der Waals surface area contributed by atoms with Gasteiger partial charge in [-0.25, -0.2) is 0 Å². The first-order valence-corrected chi connectivity index (χ1v) is 11.0. The van der Waals surface area contributed by atoms with Gasteiger partial charge in [-0.15, -0.1) is 0 Å². The molecule has 0 bridgehead atoms. The normalized spacial score (nSPS) is 10.3. The molecule has 0 spiro atoms. The van der Waals surface area contributed by atoms with Crippen LogP contribution in [0.3, 0.4) is 0 Å². The summed E-state index contributed by atoms with van der Waals surface area (Å²) < 4.78 is 16.2. The van der Waals surface area contributed by atoms with E-state index in [0.717, 1.165) is 50.5 Å². The Labute approximate surface area is 200 Å². The Kier molecular flexibility index (Phi) is 7.09. The minimum atomic E-state index is 0.426. The monoisotopic (exact) mass is 450 g/mol. The number of rotatable bonds is 8. The Hall–Kier alpha value is -4.31. The Balaban J connectivity index is 1.67. The Morgan fingerprint density at radius 2 is 1.12 bits per heavy atom. The minimum Gasteiger partial charge on any atom is -0.497 e. The van der Waals surface area contributed by atoms with E-state index in [1.807, 2.05) is 44.2 Å². The zero-order chi connectivity index (χ0) is 23.9. The second-order valence-corrected chi connectivity index (χ2v) is 8.07. The molecule has 0 N–H and O–H groups in total. The maximum atomic E-state index is 10.6. The fourth-order valence-electron chi connectivity index (χ4n) is 3.63. The molecule has 4 heteroatoms. The van der Waals surface area contributed by atoms with Crippen molar-refractivity contribution in [3.05, 3.63) is 103 Å². The van der Waals surface area contributed by atoms with Gasteiger partial charge in [0, 0.05) is 5.56 Å². The van der Waals surface area contributed by atoms with Crippen LogP contribution in [-0.2, 0) is 4.79 Å². The molecule has 0 aliphatic heterocycles. The number of benzene rings is 4. The number of hydrogen-bond donors (Lipinski definition) is 0. The van der Waals surface area contributed by atoms with Crippen LogP contribution in [0.15, 0.2) is 103 Å². The van der Waals surface area contributed by atoms with Gasteiger partial charge in [-0.3, -0.25) is 4.79 Å². The van der Waals surface area contributed by atoms with Gasteiger partial charge in [0.15, 0.2) is 0 Å². The third-order valence-electron chi connectivity index (χ3n) is 5.39. The van der Waals surface area contributed by atoms with Gasteiger partial charge in [0.1, 0.15) is 17.2 Å². The van der Waals surface area contributed by atoms with Crippen LogP contribution >= 0.6 is 0 Å². The quantitative estimate of drug-likeness (QED) is 0.206. The smallest absolute Gasteiger partial charge is 0.298 e. The van der Waals surface area contributed by atoms with Gasteiger partial charge in [-0.05, 0) is 77.6 Å². The molecule has 4 aromatic rings. The second-order valence-electron chi connectivity index (χ2n) is 8.07. The Morgan fingerprint density at radius 1 is 0.618 bits per heavy atom. The van der Waals surface area contributed by atoms with Gasteiger partial charge in [-0.1, -0.05) is 60.7 Å². The molecule has 0 aliphatic rings. The van der Waals surface area contributed by atoms with E-state index in [-0.39, 0.29) is 0 Å². The van der Waals surface area contributed by atoms with Crippen molar-refractivity contribution in [1.82, 2.24) is 0 Å².